The maximum Gasteiger partial charge on any atom is 0.347 e. The Labute approximate surface area is 240 Å². The summed E-state index contributed by atoms with van der Waals surface area (Å²) in [5, 5.41) is 0. The monoisotopic (exact) mass is 560 g/mol. The summed E-state index contributed by atoms with van der Waals surface area (Å²) in [6.45, 7) is 0. The number of rotatable bonds is 6. The van der Waals surface area contributed by atoms with Gasteiger partial charge in [0.1, 0.15) is 23.0 Å². The van der Waals surface area contributed by atoms with Gasteiger partial charge < -0.3 is 18.9 Å². The zero-order valence-corrected chi connectivity index (χ0v) is 22.4. The summed E-state index contributed by atoms with van der Waals surface area (Å²) < 4.78 is 21.3. The molecule has 208 valence electrons. The van der Waals surface area contributed by atoms with Crippen molar-refractivity contribution in [2.24, 2.45) is 0 Å². The smallest absolute Gasteiger partial charge is 0.347 e. The summed E-state index contributed by atoms with van der Waals surface area (Å²) in [5.74, 6) is -0.491. The third-order valence-electron chi connectivity index (χ3n) is 8.22. The number of benzene rings is 4. The Bertz CT molecular complexity index is 1640. The number of carbonyl (C=O) groups is 4. The third kappa shape index (κ3) is 4.41. The Morgan fingerprint density at radius 2 is 0.833 bits per heavy atom. The molecule has 0 spiro atoms. The second-order valence-electron chi connectivity index (χ2n) is 10.7. The Morgan fingerprint density at radius 1 is 0.452 bits per heavy atom. The topological polar surface area (TPSA) is 105 Å². The number of cyclic esters (lactones) is 4. The van der Waals surface area contributed by atoms with Crippen molar-refractivity contribution in [1.29, 1.82) is 0 Å². The maximum absolute atomic E-state index is 11.9. The first-order valence-electron chi connectivity index (χ1n) is 13.8. The van der Waals surface area contributed by atoms with Gasteiger partial charge in [0.2, 0.25) is 0 Å². The largest absolute Gasteiger partial charge is 0.457 e. The molecule has 0 saturated heterocycles. The van der Waals surface area contributed by atoms with Crippen molar-refractivity contribution in [3.63, 3.8) is 0 Å². The number of hydrogen-bond acceptors (Lipinski definition) is 8. The Morgan fingerprint density at radius 3 is 1.26 bits per heavy atom. The zero-order chi connectivity index (χ0) is 28.8. The van der Waals surface area contributed by atoms with Crippen LogP contribution in [0.25, 0.3) is 0 Å². The van der Waals surface area contributed by atoms with E-state index >= 15 is 0 Å². The highest BCUT2D eigenvalue weighted by Crippen LogP contribution is 2.46. The highest BCUT2D eigenvalue weighted by Gasteiger charge is 2.36. The fourth-order valence-electron chi connectivity index (χ4n) is 6.11. The molecule has 3 aliphatic rings. The van der Waals surface area contributed by atoms with Gasteiger partial charge in [0.25, 0.3) is 0 Å². The summed E-state index contributed by atoms with van der Waals surface area (Å²) in [6, 6.07) is 25.4. The van der Waals surface area contributed by atoms with E-state index in [1.54, 1.807) is 12.1 Å². The van der Waals surface area contributed by atoms with Crippen LogP contribution in [0.5, 0.6) is 23.0 Å². The molecule has 4 aromatic rings. The Kier molecular flexibility index (Phi) is 6.12. The molecule has 1 fully saturated rings. The molecule has 0 atom stereocenters. The molecule has 8 nitrogen and oxygen atoms in total. The van der Waals surface area contributed by atoms with Gasteiger partial charge in [-0.05, 0) is 84.6 Å². The van der Waals surface area contributed by atoms with Crippen LogP contribution in [-0.4, -0.2) is 23.9 Å². The standard InChI is InChI=1S/C34H24O8/c35-30-26-14-12-24(18-28(26)32(37)41-30)39-22-8-4-20(5-9-22)34(16-2-1-3-17-34)21-6-10-23(11-7-21)40-25-13-15-27-29(19-25)33(38)42-31(27)36/h4-15,18-19H,1-3,16-17H2. The molecule has 0 N–H and O–H groups in total. The molecular weight excluding hydrogens is 536 g/mol. The van der Waals surface area contributed by atoms with Gasteiger partial charge in [0.15, 0.2) is 0 Å². The van der Waals surface area contributed by atoms with E-state index in [2.05, 4.69) is 33.7 Å². The lowest BCUT2D eigenvalue weighted by atomic mass is 9.65. The van der Waals surface area contributed by atoms with Crippen LogP contribution in [0.1, 0.15) is 84.7 Å². The lowest BCUT2D eigenvalue weighted by Gasteiger charge is -2.38. The second kappa shape index (κ2) is 9.99. The van der Waals surface area contributed by atoms with Crippen molar-refractivity contribution in [3.8, 4) is 23.0 Å². The molecular formula is C34H24O8. The van der Waals surface area contributed by atoms with E-state index in [1.165, 1.54) is 41.8 Å². The van der Waals surface area contributed by atoms with Gasteiger partial charge in [-0.1, -0.05) is 43.5 Å². The fourth-order valence-corrected chi connectivity index (χ4v) is 6.11. The predicted molar refractivity (Wildman–Crippen MR) is 149 cm³/mol. The lowest BCUT2D eigenvalue weighted by Crippen LogP contribution is -2.30. The SMILES string of the molecule is O=C1OC(=O)c2cc(Oc3ccc(C4(c5ccc(Oc6ccc7c(c6)C(=O)OC7=O)cc5)CCCCC4)cc3)ccc21. The lowest BCUT2D eigenvalue weighted by molar-refractivity contribution is 0.0425. The van der Waals surface area contributed by atoms with Gasteiger partial charge >= 0.3 is 23.9 Å². The first-order chi connectivity index (χ1) is 20.4. The molecule has 8 heteroatoms. The van der Waals surface area contributed by atoms with Crippen LogP contribution >= 0.6 is 0 Å². The van der Waals surface area contributed by atoms with Crippen LogP contribution in [-0.2, 0) is 14.9 Å². The van der Waals surface area contributed by atoms with Crippen molar-refractivity contribution >= 4 is 23.9 Å². The molecule has 7 rings (SSSR count). The normalized spacial score (nSPS) is 16.9. The molecule has 4 aromatic carbocycles. The van der Waals surface area contributed by atoms with Crippen LogP contribution in [0.3, 0.4) is 0 Å². The van der Waals surface area contributed by atoms with Crippen molar-refractivity contribution in [2.45, 2.75) is 37.5 Å². The molecule has 1 aliphatic carbocycles. The van der Waals surface area contributed by atoms with E-state index < -0.39 is 23.9 Å². The molecule has 42 heavy (non-hydrogen) atoms. The minimum atomic E-state index is -0.667. The minimum absolute atomic E-state index is 0.162. The molecule has 0 aromatic heterocycles. The quantitative estimate of drug-likeness (QED) is 0.181. The maximum atomic E-state index is 11.9. The fraction of sp³-hybridized carbons (Fsp3) is 0.176. The van der Waals surface area contributed by atoms with Gasteiger partial charge in [-0.25, -0.2) is 19.2 Å². The summed E-state index contributed by atoms with van der Waals surface area (Å²) in [6.07, 6.45) is 5.44. The minimum Gasteiger partial charge on any atom is -0.457 e. The zero-order valence-electron chi connectivity index (χ0n) is 22.4. The van der Waals surface area contributed by atoms with Crippen molar-refractivity contribution < 1.29 is 38.1 Å². The number of esters is 4. The second-order valence-corrected chi connectivity index (χ2v) is 10.7. The first kappa shape index (κ1) is 25.7. The van der Waals surface area contributed by atoms with E-state index in [0.29, 0.717) is 23.0 Å². The highest BCUT2D eigenvalue weighted by atomic mass is 16.6. The molecule has 2 heterocycles. The van der Waals surface area contributed by atoms with Crippen LogP contribution < -0.4 is 9.47 Å². The van der Waals surface area contributed by atoms with Crippen molar-refractivity contribution in [2.75, 3.05) is 0 Å². The van der Waals surface area contributed by atoms with E-state index in [-0.39, 0.29) is 27.7 Å². The summed E-state index contributed by atoms with van der Waals surface area (Å²) >= 11 is 0. The van der Waals surface area contributed by atoms with Crippen molar-refractivity contribution in [1.82, 2.24) is 0 Å². The summed E-state index contributed by atoms with van der Waals surface area (Å²) in [4.78, 5) is 47.3. The van der Waals surface area contributed by atoms with Crippen LogP contribution in [0.15, 0.2) is 84.9 Å². The molecule has 0 bridgehead atoms. The molecule has 0 unspecified atom stereocenters. The van der Waals surface area contributed by atoms with Gasteiger partial charge in [0, 0.05) is 5.41 Å². The Hall–Kier alpha value is -5.24. The van der Waals surface area contributed by atoms with Gasteiger partial charge in [-0.2, -0.15) is 0 Å². The number of fused-ring (bicyclic) bond motifs is 2. The highest BCUT2D eigenvalue weighted by molar-refractivity contribution is 6.15. The number of ether oxygens (including phenoxy) is 4. The van der Waals surface area contributed by atoms with Gasteiger partial charge in [-0.15, -0.1) is 0 Å². The summed E-state index contributed by atoms with van der Waals surface area (Å²) in [5.41, 5.74) is 3.11. The van der Waals surface area contributed by atoms with Gasteiger partial charge in [0.05, 0.1) is 22.3 Å². The van der Waals surface area contributed by atoms with Crippen LogP contribution in [0.2, 0.25) is 0 Å². The first-order valence-corrected chi connectivity index (χ1v) is 13.8. The van der Waals surface area contributed by atoms with Gasteiger partial charge in [-0.3, -0.25) is 0 Å². The molecule has 1 saturated carbocycles. The summed E-state index contributed by atoms with van der Waals surface area (Å²) in [7, 11) is 0. The number of carbonyl (C=O) groups excluding carboxylic acids is 4. The van der Waals surface area contributed by atoms with E-state index in [0.717, 1.165) is 25.7 Å². The van der Waals surface area contributed by atoms with E-state index in [4.69, 9.17) is 9.47 Å². The van der Waals surface area contributed by atoms with E-state index in [9.17, 15) is 19.2 Å². The van der Waals surface area contributed by atoms with Crippen molar-refractivity contribution in [3.05, 3.63) is 118 Å². The van der Waals surface area contributed by atoms with Crippen LogP contribution in [0.4, 0.5) is 0 Å². The van der Waals surface area contributed by atoms with Crippen LogP contribution in [0, 0.1) is 0 Å². The molecule has 0 radical (unpaired) electrons. The predicted octanol–water partition coefficient (Wildman–Crippen LogP) is 7.14. The van der Waals surface area contributed by atoms with E-state index in [1.807, 2.05) is 24.3 Å². The molecule has 0 amide bonds. The average molecular weight is 561 g/mol. The third-order valence-corrected chi connectivity index (χ3v) is 8.22. The number of hydrogen-bond donors (Lipinski definition) is 0. The molecule has 2 aliphatic heterocycles. The Balaban J connectivity index is 1.11. The average Bonchev–Trinajstić information content (AvgIpc) is 3.46.